The van der Waals surface area contributed by atoms with Crippen LogP contribution in [-0.2, 0) is 11.2 Å². The van der Waals surface area contributed by atoms with Gasteiger partial charge in [-0.05, 0) is 30.7 Å². The fraction of sp³-hybridized carbons (Fsp3) is 0.214. The third-order valence-corrected chi connectivity index (χ3v) is 4.23. The molecule has 1 amide bonds. The lowest BCUT2D eigenvalue weighted by Gasteiger charge is -2.07. The molecule has 20 heavy (non-hydrogen) atoms. The summed E-state index contributed by atoms with van der Waals surface area (Å²) in [5.74, 6) is -0.109. The lowest BCUT2D eigenvalue weighted by Crippen LogP contribution is -2.29. The largest absolute Gasteiger partial charge is 0.324 e. The maximum absolute atomic E-state index is 11.7. The molecular weight excluding hydrogens is 315 g/mol. The van der Waals surface area contributed by atoms with E-state index in [1.54, 1.807) is 23.5 Å². The lowest BCUT2D eigenvalue weighted by atomic mass is 10.3. The van der Waals surface area contributed by atoms with E-state index >= 15 is 0 Å². The smallest absolute Gasteiger partial charge is 0.238 e. The van der Waals surface area contributed by atoms with E-state index in [0.717, 1.165) is 17.3 Å². The molecule has 1 aromatic carbocycles. The van der Waals surface area contributed by atoms with Gasteiger partial charge < -0.3 is 10.6 Å². The van der Waals surface area contributed by atoms with Crippen LogP contribution in [-0.4, -0.2) is 19.0 Å². The topological polar surface area (TPSA) is 41.1 Å². The maximum Gasteiger partial charge on any atom is 0.238 e. The Morgan fingerprint density at radius 1 is 1.15 bits per heavy atom. The van der Waals surface area contributed by atoms with Crippen LogP contribution in [0.5, 0.6) is 0 Å². The lowest BCUT2D eigenvalue weighted by molar-refractivity contribution is -0.115. The summed E-state index contributed by atoms with van der Waals surface area (Å²) in [6.07, 6.45) is 0.858. The molecule has 0 aliphatic rings. The summed E-state index contributed by atoms with van der Waals surface area (Å²) in [5.41, 5.74) is 0.631. The number of benzene rings is 1. The number of hydrogen-bond acceptors (Lipinski definition) is 3. The number of thiophene rings is 1. The quantitative estimate of drug-likeness (QED) is 0.791. The number of carbonyl (C=O) groups is 1. The summed E-state index contributed by atoms with van der Waals surface area (Å²) in [5, 5.41) is 6.39. The summed E-state index contributed by atoms with van der Waals surface area (Å²) in [7, 11) is 0. The van der Waals surface area contributed by atoms with Gasteiger partial charge in [-0.15, -0.1) is 11.3 Å². The Hall–Kier alpha value is -1.07. The molecule has 0 aliphatic heterocycles. The van der Waals surface area contributed by atoms with E-state index in [0.29, 0.717) is 10.7 Å². The van der Waals surface area contributed by atoms with Crippen LogP contribution in [0.15, 0.2) is 36.4 Å². The number of amides is 1. The van der Waals surface area contributed by atoms with Gasteiger partial charge in [-0.3, -0.25) is 4.79 Å². The summed E-state index contributed by atoms with van der Waals surface area (Å²) in [4.78, 5) is 12.9. The first-order valence-corrected chi connectivity index (χ1v) is 7.72. The number of rotatable bonds is 6. The second-order valence-corrected chi connectivity index (χ2v) is 6.37. The summed E-state index contributed by atoms with van der Waals surface area (Å²) in [6.45, 7) is 0.983. The molecule has 0 bridgehead atoms. The van der Waals surface area contributed by atoms with Gasteiger partial charge in [0.15, 0.2) is 0 Å². The number of halogens is 2. The van der Waals surface area contributed by atoms with Crippen molar-refractivity contribution in [2.45, 2.75) is 6.42 Å². The van der Waals surface area contributed by atoms with Crippen molar-refractivity contribution in [2.75, 3.05) is 18.4 Å². The fourth-order valence-electron chi connectivity index (χ4n) is 1.66. The molecule has 1 heterocycles. The van der Waals surface area contributed by atoms with Gasteiger partial charge in [-0.1, -0.05) is 35.3 Å². The average molecular weight is 329 g/mol. The normalized spacial score (nSPS) is 10.5. The van der Waals surface area contributed by atoms with Crippen LogP contribution in [0, 0.1) is 0 Å². The average Bonchev–Trinajstić information content (AvgIpc) is 2.83. The first kappa shape index (κ1) is 15.3. The molecule has 0 aliphatic carbocycles. The molecule has 0 radical (unpaired) electrons. The molecular formula is C14H14Cl2N2OS. The minimum absolute atomic E-state index is 0.109. The minimum atomic E-state index is -0.109. The highest BCUT2D eigenvalue weighted by atomic mass is 35.5. The van der Waals surface area contributed by atoms with Crippen LogP contribution in [0.3, 0.4) is 0 Å². The molecule has 1 aromatic heterocycles. The van der Waals surface area contributed by atoms with E-state index in [9.17, 15) is 4.79 Å². The van der Waals surface area contributed by atoms with Crippen molar-refractivity contribution in [3.05, 3.63) is 50.6 Å². The van der Waals surface area contributed by atoms with Crippen LogP contribution in [0.4, 0.5) is 5.69 Å². The first-order chi connectivity index (χ1) is 9.65. The van der Waals surface area contributed by atoms with E-state index < -0.39 is 0 Å². The monoisotopic (exact) mass is 328 g/mol. The highest BCUT2D eigenvalue weighted by Gasteiger charge is 2.05. The third-order valence-electron chi connectivity index (χ3n) is 2.61. The van der Waals surface area contributed by atoms with Crippen LogP contribution < -0.4 is 10.6 Å². The van der Waals surface area contributed by atoms with Crippen LogP contribution >= 0.6 is 34.5 Å². The summed E-state index contributed by atoms with van der Waals surface area (Å²) < 4.78 is 0.788. The molecule has 0 fully saturated rings. The Labute approximate surface area is 131 Å². The summed E-state index contributed by atoms with van der Waals surface area (Å²) in [6, 6.07) is 11.0. The van der Waals surface area contributed by atoms with Gasteiger partial charge in [0, 0.05) is 11.4 Å². The number of carbonyl (C=O) groups excluding carboxylic acids is 1. The van der Waals surface area contributed by atoms with Gasteiger partial charge in [-0.25, -0.2) is 0 Å². The SMILES string of the molecule is O=C(CNCCc1ccc(Cl)s1)Nc1ccccc1Cl. The van der Waals surface area contributed by atoms with Crippen molar-refractivity contribution in [1.82, 2.24) is 5.32 Å². The maximum atomic E-state index is 11.7. The van der Waals surface area contributed by atoms with Gasteiger partial charge in [0.1, 0.15) is 0 Å². The second kappa shape index (κ2) is 7.64. The van der Waals surface area contributed by atoms with Gasteiger partial charge in [0.05, 0.1) is 21.6 Å². The molecule has 2 N–H and O–H groups in total. The fourth-order valence-corrected chi connectivity index (χ4v) is 2.93. The molecule has 0 spiro atoms. The molecule has 0 saturated heterocycles. The molecule has 2 rings (SSSR count). The standard InChI is InChI=1S/C14H14Cl2N2OS/c15-11-3-1-2-4-12(11)18-14(19)9-17-8-7-10-5-6-13(16)20-10/h1-6,17H,7-9H2,(H,18,19). The Kier molecular flexibility index (Phi) is 5.86. The van der Waals surface area contributed by atoms with Crippen molar-refractivity contribution < 1.29 is 4.79 Å². The Bertz CT molecular complexity index is 586. The van der Waals surface area contributed by atoms with E-state index in [1.807, 2.05) is 24.3 Å². The van der Waals surface area contributed by atoms with E-state index in [1.165, 1.54) is 4.88 Å². The van der Waals surface area contributed by atoms with Gasteiger partial charge in [0.2, 0.25) is 5.91 Å². The molecule has 0 atom stereocenters. The highest BCUT2D eigenvalue weighted by molar-refractivity contribution is 7.16. The summed E-state index contributed by atoms with van der Waals surface area (Å²) >= 11 is 13.4. The van der Waals surface area contributed by atoms with Crippen molar-refractivity contribution >= 4 is 46.1 Å². The zero-order chi connectivity index (χ0) is 14.4. The number of hydrogen-bond donors (Lipinski definition) is 2. The van der Waals surface area contributed by atoms with Crippen molar-refractivity contribution in [2.24, 2.45) is 0 Å². The van der Waals surface area contributed by atoms with Gasteiger partial charge in [-0.2, -0.15) is 0 Å². The molecule has 2 aromatic rings. The third kappa shape index (κ3) is 4.80. The molecule has 3 nitrogen and oxygen atoms in total. The molecule has 0 saturated carbocycles. The molecule has 0 unspecified atom stereocenters. The predicted octanol–water partition coefficient (Wildman–Crippen LogP) is 3.83. The molecule has 6 heteroatoms. The zero-order valence-electron chi connectivity index (χ0n) is 10.7. The van der Waals surface area contributed by atoms with Crippen LogP contribution in [0.1, 0.15) is 4.88 Å². The van der Waals surface area contributed by atoms with Gasteiger partial charge >= 0.3 is 0 Å². The van der Waals surface area contributed by atoms with Crippen LogP contribution in [0.25, 0.3) is 0 Å². The number of para-hydroxylation sites is 1. The Morgan fingerprint density at radius 2 is 1.95 bits per heavy atom. The minimum Gasteiger partial charge on any atom is -0.324 e. The van der Waals surface area contributed by atoms with Crippen molar-refractivity contribution in [3.63, 3.8) is 0 Å². The predicted molar refractivity (Wildman–Crippen MR) is 86.0 cm³/mol. The van der Waals surface area contributed by atoms with Gasteiger partial charge in [0.25, 0.3) is 0 Å². The zero-order valence-corrected chi connectivity index (χ0v) is 13.0. The molecule has 106 valence electrons. The van der Waals surface area contributed by atoms with E-state index in [2.05, 4.69) is 10.6 Å². The second-order valence-electron chi connectivity index (χ2n) is 4.16. The number of anilines is 1. The van der Waals surface area contributed by atoms with Crippen molar-refractivity contribution in [1.29, 1.82) is 0 Å². The van der Waals surface area contributed by atoms with E-state index in [-0.39, 0.29) is 12.5 Å². The van der Waals surface area contributed by atoms with Crippen molar-refractivity contribution in [3.8, 4) is 0 Å². The highest BCUT2D eigenvalue weighted by Crippen LogP contribution is 2.21. The Morgan fingerprint density at radius 3 is 2.65 bits per heavy atom. The first-order valence-electron chi connectivity index (χ1n) is 6.14. The Balaban J connectivity index is 1.69. The van der Waals surface area contributed by atoms with Crippen LogP contribution in [0.2, 0.25) is 9.36 Å². The number of nitrogens with one attached hydrogen (secondary N) is 2. The van der Waals surface area contributed by atoms with E-state index in [4.69, 9.17) is 23.2 Å².